The maximum absolute atomic E-state index is 12.8. The molecule has 0 aliphatic heterocycles. The molecule has 1 heterocycles. The molecule has 0 spiro atoms. The fourth-order valence-corrected chi connectivity index (χ4v) is 1.99. The van der Waals surface area contributed by atoms with Crippen LogP contribution in [0.2, 0.25) is 0 Å². The Bertz CT molecular complexity index is 685. The van der Waals surface area contributed by atoms with Crippen LogP contribution in [0.25, 0.3) is 0 Å². The van der Waals surface area contributed by atoms with Crippen LogP contribution >= 0.6 is 0 Å². The number of aromatic nitrogens is 2. The predicted molar refractivity (Wildman–Crippen MR) is 87.9 cm³/mol. The van der Waals surface area contributed by atoms with Gasteiger partial charge in [-0.3, -0.25) is 4.79 Å². The van der Waals surface area contributed by atoms with Crippen LogP contribution in [0.4, 0.5) is 10.3 Å². The van der Waals surface area contributed by atoms with Crippen LogP contribution in [0.1, 0.15) is 21.7 Å². The summed E-state index contributed by atoms with van der Waals surface area (Å²) in [5.74, 6) is -0.137. The van der Waals surface area contributed by atoms with E-state index in [1.165, 1.54) is 12.1 Å². The predicted octanol–water partition coefficient (Wildman–Crippen LogP) is 2.49. The Morgan fingerprint density at radius 1 is 1.30 bits per heavy atom. The van der Waals surface area contributed by atoms with Crippen molar-refractivity contribution in [2.24, 2.45) is 0 Å². The van der Waals surface area contributed by atoms with E-state index in [0.29, 0.717) is 36.8 Å². The molecular weight excluding hydrogens is 295 g/mol. The molecule has 0 saturated carbocycles. The maximum Gasteiger partial charge on any atom is 0.270 e. The van der Waals surface area contributed by atoms with E-state index >= 15 is 0 Å². The Kier molecular flexibility index (Phi) is 5.80. The average molecular weight is 314 g/mol. The summed E-state index contributed by atoms with van der Waals surface area (Å²) in [4.78, 5) is 20.5. The summed E-state index contributed by atoms with van der Waals surface area (Å²) in [5.41, 5.74) is 1.97. The molecule has 5 nitrogen and oxygen atoms in total. The minimum atomic E-state index is -0.270. The van der Waals surface area contributed by atoms with Crippen LogP contribution in [-0.2, 0) is 6.42 Å². The summed E-state index contributed by atoms with van der Waals surface area (Å²) >= 11 is 0. The smallest absolute Gasteiger partial charge is 0.270 e. The second-order valence-electron chi connectivity index (χ2n) is 5.02. The van der Waals surface area contributed by atoms with E-state index in [0.717, 1.165) is 5.56 Å². The lowest BCUT2D eigenvalue weighted by Gasteiger charge is -2.08. The van der Waals surface area contributed by atoms with Crippen molar-refractivity contribution in [1.29, 1.82) is 0 Å². The third-order valence-corrected chi connectivity index (χ3v) is 3.10. The van der Waals surface area contributed by atoms with Crippen LogP contribution in [-0.4, -0.2) is 29.0 Å². The summed E-state index contributed by atoms with van der Waals surface area (Å²) < 4.78 is 12.8. The van der Waals surface area contributed by atoms with Gasteiger partial charge in [0.1, 0.15) is 11.5 Å². The van der Waals surface area contributed by atoms with Crippen molar-refractivity contribution < 1.29 is 9.18 Å². The van der Waals surface area contributed by atoms with Crippen molar-refractivity contribution in [3.63, 3.8) is 0 Å². The minimum Gasteiger partial charge on any atom is -0.351 e. The first-order valence-corrected chi connectivity index (χ1v) is 7.31. The van der Waals surface area contributed by atoms with Gasteiger partial charge in [-0.15, -0.1) is 6.58 Å². The van der Waals surface area contributed by atoms with Crippen molar-refractivity contribution in [2.45, 2.75) is 13.3 Å². The number of nitrogens with one attached hydrogen (secondary N) is 2. The van der Waals surface area contributed by atoms with Gasteiger partial charge in [0.25, 0.3) is 5.91 Å². The zero-order valence-electron chi connectivity index (χ0n) is 13.0. The lowest BCUT2D eigenvalue weighted by Crippen LogP contribution is -2.27. The highest BCUT2D eigenvalue weighted by molar-refractivity contribution is 5.92. The molecule has 1 aromatic carbocycles. The summed E-state index contributed by atoms with van der Waals surface area (Å²) in [6, 6.07) is 7.85. The van der Waals surface area contributed by atoms with Gasteiger partial charge in [0.2, 0.25) is 5.95 Å². The molecule has 0 bridgehead atoms. The quantitative estimate of drug-likeness (QED) is 0.771. The Morgan fingerprint density at radius 3 is 2.74 bits per heavy atom. The second kappa shape index (κ2) is 8.03. The molecule has 6 heteroatoms. The first-order chi connectivity index (χ1) is 11.1. The Labute approximate surface area is 134 Å². The molecule has 120 valence electrons. The van der Waals surface area contributed by atoms with Gasteiger partial charge in [0.15, 0.2) is 0 Å². The minimum absolute atomic E-state index is 0.265. The zero-order valence-corrected chi connectivity index (χ0v) is 13.0. The molecule has 0 atom stereocenters. The van der Waals surface area contributed by atoms with Gasteiger partial charge in [0.05, 0.1) is 0 Å². The van der Waals surface area contributed by atoms with E-state index in [2.05, 4.69) is 27.2 Å². The average Bonchev–Trinajstić information content (AvgIpc) is 2.54. The number of carbonyl (C=O) groups is 1. The molecule has 2 rings (SSSR count). The van der Waals surface area contributed by atoms with E-state index in [4.69, 9.17) is 0 Å². The Hall–Kier alpha value is -2.76. The summed E-state index contributed by atoms with van der Waals surface area (Å²) in [7, 11) is 0. The number of hydrogen-bond acceptors (Lipinski definition) is 4. The fourth-order valence-electron chi connectivity index (χ4n) is 1.99. The maximum atomic E-state index is 12.8. The number of carbonyl (C=O) groups excluding carboxylic acids is 1. The van der Waals surface area contributed by atoms with Crippen molar-refractivity contribution in [3.8, 4) is 0 Å². The molecule has 23 heavy (non-hydrogen) atoms. The zero-order chi connectivity index (χ0) is 16.7. The second-order valence-corrected chi connectivity index (χ2v) is 5.02. The molecule has 1 aromatic heterocycles. The number of nitrogens with zero attached hydrogens (tertiary/aromatic N) is 2. The summed E-state index contributed by atoms with van der Waals surface area (Å²) in [6.45, 7) is 6.38. The third kappa shape index (κ3) is 5.18. The Morgan fingerprint density at radius 2 is 2.04 bits per heavy atom. The van der Waals surface area contributed by atoms with Gasteiger partial charge in [-0.1, -0.05) is 18.2 Å². The van der Waals surface area contributed by atoms with Crippen LogP contribution in [0.15, 0.2) is 43.0 Å². The van der Waals surface area contributed by atoms with Crippen LogP contribution in [0.5, 0.6) is 0 Å². The van der Waals surface area contributed by atoms with Crippen LogP contribution in [0, 0.1) is 12.7 Å². The normalized spacial score (nSPS) is 10.2. The molecule has 2 aromatic rings. The lowest BCUT2D eigenvalue weighted by molar-refractivity contribution is 0.0949. The largest absolute Gasteiger partial charge is 0.351 e. The molecule has 0 aliphatic rings. The van der Waals surface area contributed by atoms with Crippen molar-refractivity contribution in [1.82, 2.24) is 15.3 Å². The number of halogens is 1. The number of rotatable bonds is 7. The first-order valence-electron chi connectivity index (χ1n) is 7.31. The molecule has 0 aliphatic carbocycles. The van der Waals surface area contributed by atoms with E-state index in [9.17, 15) is 9.18 Å². The van der Waals surface area contributed by atoms with E-state index in [1.807, 2.05) is 0 Å². The highest BCUT2D eigenvalue weighted by Crippen LogP contribution is 2.06. The summed E-state index contributed by atoms with van der Waals surface area (Å²) in [6.07, 6.45) is 2.31. The lowest BCUT2D eigenvalue weighted by atomic mass is 10.1. The van der Waals surface area contributed by atoms with E-state index < -0.39 is 0 Å². The SMILES string of the molecule is C=CCNc1nc(C)cc(C(=O)NCCc2ccc(F)cc2)n1. The number of hydrogen-bond donors (Lipinski definition) is 2. The molecule has 0 fully saturated rings. The molecular formula is C17H19FN4O. The summed E-state index contributed by atoms with van der Waals surface area (Å²) in [5, 5.41) is 5.76. The van der Waals surface area contributed by atoms with Crippen LogP contribution < -0.4 is 10.6 Å². The number of benzene rings is 1. The third-order valence-electron chi connectivity index (χ3n) is 3.10. The monoisotopic (exact) mass is 314 g/mol. The number of anilines is 1. The number of aryl methyl sites for hydroxylation is 1. The van der Waals surface area contributed by atoms with Gasteiger partial charge in [-0.05, 0) is 37.1 Å². The fraction of sp³-hybridized carbons (Fsp3) is 0.235. The Balaban J connectivity index is 1.93. The molecule has 0 saturated heterocycles. The topological polar surface area (TPSA) is 66.9 Å². The van der Waals surface area contributed by atoms with Crippen molar-refractivity contribution >= 4 is 11.9 Å². The van der Waals surface area contributed by atoms with Crippen molar-refractivity contribution in [3.05, 3.63) is 65.8 Å². The molecule has 1 amide bonds. The highest BCUT2D eigenvalue weighted by Gasteiger charge is 2.10. The standard InChI is InChI=1S/C17H19FN4O/c1-3-9-20-17-21-12(2)11-15(22-17)16(23)19-10-8-13-4-6-14(18)7-5-13/h3-7,11H,1,8-10H2,2H3,(H,19,23)(H,20,21,22). The molecule has 0 unspecified atom stereocenters. The van der Waals surface area contributed by atoms with Gasteiger partial charge < -0.3 is 10.6 Å². The highest BCUT2D eigenvalue weighted by atomic mass is 19.1. The van der Waals surface area contributed by atoms with Crippen molar-refractivity contribution in [2.75, 3.05) is 18.4 Å². The van der Waals surface area contributed by atoms with Gasteiger partial charge in [0, 0.05) is 18.8 Å². The van der Waals surface area contributed by atoms with Gasteiger partial charge >= 0.3 is 0 Å². The first kappa shape index (κ1) is 16.6. The number of amides is 1. The van der Waals surface area contributed by atoms with Gasteiger partial charge in [-0.2, -0.15) is 0 Å². The molecule has 0 radical (unpaired) electrons. The van der Waals surface area contributed by atoms with E-state index in [-0.39, 0.29) is 11.7 Å². The van der Waals surface area contributed by atoms with Gasteiger partial charge in [-0.25, -0.2) is 14.4 Å². The van der Waals surface area contributed by atoms with Crippen LogP contribution in [0.3, 0.4) is 0 Å². The van der Waals surface area contributed by atoms with E-state index in [1.54, 1.807) is 31.2 Å². The molecule has 2 N–H and O–H groups in total.